The Morgan fingerprint density at radius 1 is 0.500 bits per heavy atom. The van der Waals surface area contributed by atoms with Gasteiger partial charge in [0, 0.05) is 95.3 Å². The molecule has 3 fully saturated rings. The van der Waals surface area contributed by atoms with Crippen molar-refractivity contribution in [3.8, 4) is 5.75 Å². The van der Waals surface area contributed by atoms with Gasteiger partial charge in [-0.15, -0.1) is 11.6 Å². The Labute approximate surface area is 877 Å². The first-order chi connectivity index (χ1) is 69.1. The van der Waals surface area contributed by atoms with Gasteiger partial charge in [-0.1, -0.05) is 191 Å². The molecular weight excluding hydrogens is 2020 g/mol. The summed E-state index contributed by atoms with van der Waals surface area (Å²) in [4.78, 5) is 220. The van der Waals surface area contributed by atoms with E-state index < -0.39 is 80.5 Å². The number of hydrogen-bond donors (Lipinski definition) is 5. The minimum absolute atomic E-state index is 0. The van der Waals surface area contributed by atoms with Crippen LogP contribution in [-0.4, -0.2) is 220 Å². The average molecular weight is 2140 g/mol. The van der Waals surface area contributed by atoms with E-state index in [1.807, 2.05) is 48.5 Å². The molecule has 41 nitrogen and oxygen atoms in total. The van der Waals surface area contributed by atoms with Crippen molar-refractivity contribution in [2.75, 3.05) is 91.6 Å². The Morgan fingerprint density at radius 2 is 0.946 bits per heavy atom. The maximum absolute atomic E-state index is 11.9. The first kappa shape index (κ1) is 142. The molecule has 3 atom stereocenters. The molecule has 3 unspecified atom stereocenters. The molecule has 3 heterocycles. The molecule has 0 bridgehead atoms. The van der Waals surface area contributed by atoms with Gasteiger partial charge < -0.3 is 68.1 Å². The number of epoxide rings is 1. The number of non-ortho nitro benzene ring substituents is 1. The van der Waals surface area contributed by atoms with E-state index in [1.165, 1.54) is 49.4 Å². The molecule has 45 heteroatoms. The van der Waals surface area contributed by atoms with Gasteiger partial charge in [0.15, 0.2) is 0 Å². The van der Waals surface area contributed by atoms with Crippen molar-refractivity contribution < 1.29 is 148 Å². The molecule has 5 aromatic rings. The maximum atomic E-state index is 11.9. The van der Waals surface area contributed by atoms with Crippen molar-refractivity contribution in [3.05, 3.63) is 319 Å². The highest BCUT2D eigenvalue weighted by molar-refractivity contribution is 6.68. The third-order valence-corrected chi connectivity index (χ3v) is 16.4. The van der Waals surface area contributed by atoms with Crippen LogP contribution in [0, 0.1) is 10.1 Å². The van der Waals surface area contributed by atoms with Crippen LogP contribution in [0.5, 0.6) is 5.75 Å². The minimum Gasteiger partial charge on any atom is -0.461 e. The Morgan fingerprint density at radius 3 is 1.32 bits per heavy atom. The van der Waals surface area contributed by atoms with Gasteiger partial charge in [-0.25, -0.2) is 72.3 Å². The summed E-state index contributed by atoms with van der Waals surface area (Å²) in [5.74, 6) is -4.44. The highest BCUT2D eigenvalue weighted by atomic mass is 35.5. The van der Waals surface area contributed by atoms with Gasteiger partial charge in [-0.05, 0) is 158 Å². The summed E-state index contributed by atoms with van der Waals surface area (Å²) in [5.41, 5.74) is 8.75. The predicted molar refractivity (Wildman–Crippen MR) is 557 cm³/mol. The monoisotopic (exact) mass is 2140 g/mol. The zero-order chi connectivity index (χ0) is 111. The number of carbonyl (C=O) groups excluding carboxylic acids is 19. The van der Waals surface area contributed by atoms with Crippen LogP contribution in [0.4, 0.5) is 15.3 Å². The molecule has 5 N–H and O–H groups in total. The number of allylic oxidation sites excluding steroid dienone is 3. The molecule has 0 aliphatic carbocycles. The number of rotatable bonds is 37. The molecule has 148 heavy (non-hydrogen) atoms. The fraction of sp³-hybridized carbons (Fsp3) is 0.272. The molecule has 7 amide bonds. The number of carbonyl (C=O) groups is 16. The number of benzene rings is 5. The number of imide groups is 2. The fourth-order valence-electron chi connectivity index (χ4n) is 8.04. The number of aliphatic imine (C=N–C) groups is 3. The smallest absolute Gasteiger partial charge is 0.338 e. The zero-order valence-electron chi connectivity index (χ0n) is 80.9. The molecule has 0 radical (unpaired) electrons. The zero-order valence-corrected chi connectivity index (χ0v) is 83.9. The number of alkyl halides is 1. The van der Waals surface area contributed by atoms with Crippen molar-refractivity contribution in [1.29, 1.82) is 0 Å². The van der Waals surface area contributed by atoms with Gasteiger partial charge in [0.1, 0.15) is 83.5 Å². The van der Waals surface area contributed by atoms with Crippen molar-refractivity contribution in [2.45, 2.75) is 94.2 Å². The van der Waals surface area contributed by atoms with Crippen molar-refractivity contribution >= 4 is 182 Å². The van der Waals surface area contributed by atoms with E-state index in [2.05, 4.69) is 137 Å². The lowest BCUT2D eigenvalue weighted by atomic mass is 10.1. The molecule has 3 aliphatic rings. The van der Waals surface area contributed by atoms with Gasteiger partial charge >= 0.3 is 59.8 Å². The SMILES string of the molecule is C.C.C=C(C)C(=O)Cl.C=C(C)C(=O)NCC1COC(=O)CO1.C=C(C)C(=O)OCC1CO1.C=C(C)C(=O)OCCN=C=O.C=C(C)C(=O)Oc1ccc([N+](=O)[O-])cc1.C=C(C)N=C=O.C=CC(=O)Cl.C=CC(=O)NC(=O)NCc1ccc(C=C)cc1.C=CC(=O)OCCN=C=O.C=CC(=O)OCCOC(=O)c1cccc(C2COC(=O)CO2)c1.C=Cc1ccc(C(=O)Cl)cc1.C=Cc1ccc(CNC(=O)NC(=O)CCCl)cc1. The number of nitro benzene ring substituents is 1. The second-order valence-corrected chi connectivity index (χ2v) is 29.2. The molecule has 0 aromatic heterocycles. The largest absolute Gasteiger partial charge is 0.461 e. The summed E-state index contributed by atoms with van der Waals surface area (Å²) < 4.78 is 53.3. The number of cyclic esters (lactones) is 2. The number of urea groups is 2. The summed E-state index contributed by atoms with van der Waals surface area (Å²) in [6.45, 7) is 56.1. The van der Waals surface area contributed by atoms with Crippen molar-refractivity contribution in [2.24, 2.45) is 15.0 Å². The van der Waals surface area contributed by atoms with E-state index in [1.54, 1.807) is 101 Å². The van der Waals surface area contributed by atoms with E-state index in [0.29, 0.717) is 77.5 Å². The summed E-state index contributed by atoms with van der Waals surface area (Å²) in [6.07, 6.45) is 13.0. The summed E-state index contributed by atoms with van der Waals surface area (Å²) in [6, 6.07) is 32.9. The molecule has 3 aliphatic heterocycles. The van der Waals surface area contributed by atoms with E-state index in [4.69, 9.17) is 89.0 Å². The van der Waals surface area contributed by atoms with Crippen LogP contribution in [0.2, 0.25) is 0 Å². The lowest BCUT2D eigenvalue weighted by molar-refractivity contribution is -0.384. The minimum atomic E-state index is -0.577. The number of isocyanates is 3. The molecule has 0 saturated carbocycles. The highest BCUT2D eigenvalue weighted by Gasteiger charge is 2.26. The third kappa shape index (κ3) is 79.9. The van der Waals surface area contributed by atoms with Crippen molar-refractivity contribution in [1.82, 2.24) is 26.6 Å². The van der Waals surface area contributed by atoms with Crippen LogP contribution in [-0.2, 0) is 132 Å². The van der Waals surface area contributed by atoms with Crippen LogP contribution >= 0.6 is 46.4 Å². The van der Waals surface area contributed by atoms with Gasteiger partial charge in [-0.3, -0.25) is 49.5 Å². The van der Waals surface area contributed by atoms with E-state index >= 15 is 0 Å². The van der Waals surface area contributed by atoms with E-state index in [9.17, 15) is 101 Å². The first-order valence-corrected chi connectivity index (χ1v) is 43.7. The van der Waals surface area contributed by atoms with Crippen LogP contribution in [0.25, 0.3) is 18.2 Å². The lowest BCUT2D eigenvalue weighted by Gasteiger charge is -2.22. The summed E-state index contributed by atoms with van der Waals surface area (Å²) in [5, 5.41) is 21.0. The number of halogens is 4. The van der Waals surface area contributed by atoms with Crippen molar-refractivity contribution in [3.63, 3.8) is 0 Å². The van der Waals surface area contributed by atoms with Gasteiger partial charge in [-0.2, -0.15) is 4.99 Å². The molecule has 798 valence electrons. The Bertz CT molecular complexity index is 5440. The maximum Gasteiger partial charge on any atom is 0.338 e. The van der Waals surface area contributed by atoms with Crippen LogP contribution in [0.1, 0.15) is 123 Å². The second kappa shape index (κ2) is 88.2. The standard InChI is InChI=1S/C16H16O7.C13H15ClN2O2.C13H14N2O2.C10H9NO4.C9H7ClO.C9H13NO4.C7H9NO3.C7H10O3.C6H7NO3.C4H5ClO.C4H5NO.C3H3ClO.2CH4/c1-2-14(17)20-6-7-21-16(19)12-5-3-4-11(8-12)13-9-23-15(18)10-22-13;1-2-10-3-5-11(6-4-10)9-15-13(18)16-12(17)7-8-14;1-3-10-5-7-11(8-6-10)9-14-13(17)15-12(16)4-2;1-7(2)10(12)15-9-5-3-8(4-6-9)11(13)14;1-2-7-3-5-8(6-4-7)9(10)11;1-6(2)9(12)10-3-7-4-14-8(11)5-13-7;1-6(2)7(10)11-4-3-8-5-9;1-5(2)7(8)10-4-6-3-9-6;1-2-6(9)10-4-3-7-5-8;1-3(2)4(5)6;1-4(2)5-3-6;1-2-3(4)5;;/h2-5,8,13H,1,6-7,9-10H2;2-6H,1,7-9H2,(H2,15,16,17,18);3-8H,1-2,9H2,(H2,14,15,16,17);3-6H,1H2,2H3;2-6H,1H2;7H,1,3-5H2,2H3,(H,10,12);1,3-4H2,2H3;6H,1,3-4H2,2H3;2H,1,3-4H2;2*1H2,2H3;2H,1H2;2*1H4. The van der Waals surface area contributed by atoms with Gasteiger partial charge in [0.2, 0.25) is 40.5 Å². The number of nitrogens with one attached hydrogen (secondary N) is 5. The number of nitro groups is 1. The summed E-state index contributed by atoms with van der Waals surface area (Å²) in [7, 11) is 0. The second-order valence-electron chi connectivity index (χ2n) is 27.7. The van der Waals surface area contributed by atoms with Gasteiger partial charge in [0.25, 0.3) is 16.8 Å². The molecule has 3 saturated heterocycles. The predicted octanol–water partition coefficient (Wildman–Crippen LogP) is 15.1. The Hall–Kier alpha value is -16.6. The first-order valence-electron chi connectivity index (χ1n) is 42.0. The number of hydrogen-bond acceptors (Lipinski definition) is 35. The van der Waals surface area contributed by atoms with Gasteiger partial charge in [0.05, 0.1) is 30.2 Å². The number of esters is 8. The Kier molecular flexibility index (Phi) is 84.6. The number of nitrogens with zero attached hydrogens (tertiary/aromatic N) is 4. The molecular formula is C103H121Cl4N9O32. The summed E-state index contributed by atoms with van der Waals surface area (Å²) >= 11 is 20.2. The number of amides is 7. The molecule has 5 aromatic carbocycles. The fourth-order valence-corrected chi connectivity index (χ4v) is 8.34. The lowest BCUT2D eigenvalue weighted by Crippen LogP contribution is -2.41. The molecule has 0 spiro atoms. The third-order valence-electron chi connectivity index (χ3n) is 15.5. The van der Waals surface area contributed by atoms with E-state index in [-0.39, 0.29) is 146 Å². The molecule has 8 rings (SSSR count). The topological polar surface area (TPSA) is 570 Å². The average Bonchev–Trinajstić information content (AvgIpc) is 1.21. The number of ether oxygens (including phenoxy) is 11. The van der Waals surface area contributed by atoms with E-state index in [0.717, 1.165) is 52.1 Å². The van der Waals surface area contributed by atoms with Crippen LogP contribution in [0.3, 0.4) is 0 Å². The Balaban J connectivity index is -0.000000379. The van der Waals surface area contributed by atoms with Crippen LogP contribution < -0.4 is 31.3 Å². The quantitative estimate of drug-likeness (QED) is 0.00200. The normalized spacial score (nSPS) is 11.9. The highest BCUT2D eigenvalue weighted by Crippen LogP contribution is 2.23. The van der Waals surface area contributed by atoms with Crippen LogP contribution in [0.15, 0.2) is 280 Å².